The van der Waals surface area contributed by atoms with Gasteiger partial charge in [0.25, 0.3) is 0 Å². The molecule has 1 aromatic carbocycles. The normalized spacial score (nSPS) is 12.9. The molecule has 0 bridgehead atoms. The average molecular weight is 380 g/mol. The van der Waals surface area contributed by atoms with Crippen molar-refractivity contribution in [3.8, 4) is 0 Å². The zero-order valence-electron chi connectivity index (χ0n) is 14.1. The molecule has 0 aliphatic rings. The number of methoxy groups -OCH3 is 1. The SMILES string of the molecule is COC(=O)c1csc(C(O)C(O)CCNC(=O)OCc2ccccc2)n1. The summed E-state index contributed by atoms with van der Waals surface area (Å²) in [6.07, 6.45) is -2.94. The maximum Gasteiger partial charge on any atom is 0.407 e. The van der Waals surface area contributed by atoms with Crippen LogP contribution < -0.4 is 5.32 Å². The van der Waals surface area contributed by atoms with Gasteiger partial charge in [-0.25, -0.2) is 14.6 Å². The van der Waals surface area contributed by atoms with E-state index in [9.17, 15) is 19.8 Å². The first kappa shape index (κ1) is 19.8. The van der Waals surface area contributed by atoms with Crippen molar-refractivity contribution in [3.05, 3.63) is 52.0 Å². The average Bonchev–Trinajstić information content (AvgIpc) is 3.16. The molecule has 2 unspecified atom stereocenters. The van der Waals surface area contributed by atoms with Crippen LogP contribution in [0.3, 0.4) is 0 Å². The summed E-state index contributed by atoms with van der Waals surface area (Å²) in [6.45, 7) is 0.258. The fraction of sp³-hybridized carbons (Fsp3) is 0.353. The number of aliphatic hydroxyl groups is 2. The summed E-state index contributed by atoms with van der Waals surface area (Å²) in [4.78, 5) is 26.9. The molecule has 0 spiro atoms. The Kier molecular flexibility index (Phi) is 7.52. The smallest absolute Gasteiger partial charge is 0.407 e. The Balaban J connectivity index is 1.72. The van der Waals surface area contributed by atoms with Gasteiger partial charge in [0, 0.05) is 11.9 Å². The van der Waals surface area contributed by atoms with Crippen LogP contribution >= 0.6 is 11.3 Å². The van der Waals surface area contributed by atoms with Crippen molar-refractivity contribution in [2.75, 3.05) is 13.7 Å². The van der Waals surface area contributed by atoms with E-state index in [1.165, 1.54) is 12.5 Å². The molecule has 0 aliphatic heterocycles. The van der Waals surface area contributed by atoms with Gasteiger partial charge in [0.05, 0.1) is 13.2 Å². The molecule has 0 saturated carbocycles. The third-order valence-corrected chi connectivity index (χ3v) is 4.37. The number of aromatic nitrogens is 1. The summed E-state index contributed by atoms with van der Waals surface area (Å²) in [5, 5.41) is 24.2. The molecule has 1 amide bonds. The van der Waals surface area contributed by atoms with Crippen molar-refractivity contribution in [1.82, 2.24) is 10.3 Å². The highest BCUT2D eigenvalue weighted by Gasteiger charge is 2.23. The molecule has 2 aromatic rings. The minimum absolute atomic E-state index is 0.0707. The van der Waals surface area contributed by atoms with Crippen LogP contribution in [0.5, 0.6) is 0 Å². The number of carbonyl (C=O) groups is 2. The Bertz CT molecular complexity index is 721. The summed E-state index contributed by atoms with van der Waals surface area (Å²) >= 11 is 1.04. The van der Waals surface area contributed by atoms with Gasteiger partial charge in [0.15, 0.2) is 5.69 Å². The first-order valence-corrected chi connectivity index (χ1v) is 8.73. The highest BCUT2D eigenvalue weighted by atomic mass is 32.1. The number of thiazole rings is 1. The molecule has 3 N–H and O–H groups in total. The van der Waals surface area contributed by atoms with E-state index in [0.717, 1.165) is 16.9 Å². The Morgan fingerprint density at radius 3 is 2.69 bits per heavy atom. The number of ether oxygens (including phenoxy) is 2. The maximum absolute atomic E-state index is 11.6. The molecule has 1 aromatic heterocycles. The Morgan fingerprint density at radius 1 is 1.27 bits per heavy atom. The van der Waals surface area contributed by atoms with Crippen LogP contribution in [0.15, 0.2) is 35.7 Å². The van der Waals surface area contributed by atoms with Crippen molar-refractivity contribution >= 4 is 23.4 Å². The van der Waals surface area contributed by atoms with E-state index in [2.05, 4.69) is 15.0 Å². The van der Waals surface area contributed by atoms with Crippen LogP contribution in [-0.2, 0) is 16.1 Å². The van der Waals surface area contributed by atoms with Crippen LogP contribution in [0.4, 0.5) is 4.79 Å². The van der Waals surface area contributed by atoms with Crippen LogP contribution in [0.25, 0.3) is 0 Å². The number of esters is 1. The van der Waals surface area contributed by atoms with Crippen LogP contribution in [0.1, 0.15) is 33.6 Å². The second kappa shape index (κ2) is 9.85. The lowest BCUT2D eigenvalue weighted by atomic mass is 10.1. The molecule has 8 nitrogen and oxygen atoms in total. The van der Waals surface area contributed by atoms with Crippen molar-refractivity contribution in [3.63, 3.8) is 0 Å². The molecule has 2 atom stereocenters. The molecule has 9 heteroatoms. The first-order chi connectivity index (χ1) is 12.5. The van der Waals surface area contributed by atoms with E-state index >= 15 is 0 Å². The quantitative estimate of drug-likeness (QED) is 0.596. The lowest BCUT2D eigenvalue weighted by Gasteiger charge is -2.16. The molecule has 2 rings (SSSR count). The van der Waals surface area contributed by atoms with Gasteiger partial charge >= 0.3 is 12.1 Å². The molecule has 0 fully saturated rings. The predicted molar refractivity (Wildman–Crippen MR) is 93.7 cm³/mol. The van der Waals surface area contributed by atoms with E-state index in [0.29, 0.717) is 0 Å². The largest absolute Gasteiger partial charge is 0.464 e. The number of rotatable bonds is 8. The fourth-order valence-corrected chi connectivity index (χ4v) is 2.87. The Hall–Kier alpha value is -2.49. The first-order valence-electron chi connectivity index (χ1n) is 7.85. The number of amides is 1. The Labute approximate surface area is 154 Å². The molecule has 0 radical (unpaired) electrons. The number of benzene rings is 1. The molecule has 26 heavy (non-hydrogen) atoms. The minimum Gasteiger partial charge on any atom is -0.464 e. The lowest BCUT2D eigenvalue weighted by Crippen LogP contribution is -2.29. The van der Waals surface area contributed by atoms with Gasteiger partial charge in [-0.3, -0.25) is 0 Å². The van der Waals surface area contributed by atoms with E-state index in [-0.39, 0.29) is 30.3 Å². The van der Waals surface area contributed by atoms with Crippen molar-refractivity contribution < 1.29 is 29.3 Å². The van der Waals surface area contributed by atoms with Gasteiger partial charge in [-0.15, -0.1) is 11.3 Å². The highest BCUT2D eigenvalue weighted by Crippen LogP contribution is 2.23. The summed E-state index contributed by atoms with van der Waals surface area (Å²) in [6, 6.07) is 9.23. The van der Waals surface area contributed by atoms with Crippen molar-refractivity contribution in [2.24, 2.45) is 0 Å². The van der Waals surface area contributed by atoms with Crippen molar-refractivity contribution in [2.45, 2.75) is 25.2 Å². The summed E-state index contributed by atoms with van der Waals surface area (Å²) in [7, 11) is 1.23. The molecular weight excluding hydrogens is 360 g/mol. The number of alkyl carbamates (subject to hydrolysis) is 1. The third-order valence-electron chi connectivity index (χ3n) is 3.46. The second-order valence-electron chi connectivity index (χ2n) is 5.35. The Morgan fingerprint density at radius 2 is 2.00 bits per heavy atom. The van der Waals surface area contributed by atoms with E-state index < -0.39 is 24.3 Å². The number of nitrogens with zero attached hydrogens (tertiary/aromatic N) is 1. The third kappa shape index (κ3) is 5.80. The zero-order valence-corrected chi connectivity index (χ0v) is 14.9. The standard InChI is InChI=1S/C17H20N2O6S/c1-24-16(22)12-10-26-15(19-12)14(21)13(20)7-8-18-17(23)25-9-11-5-3-2-4-6-11/h2-6,10,13-14,20-21H,7-9H2,1H3,(H,18,23). The van der Waals surface area contributed by atoms with E-state index in [1.807, 2.05) is 30.3 Å². The predicted octanol–water partition coefficient (Wildman–Crippen LogP) is 1.64. The van der Waals surface area contributed by atoms with Crippen LogP contribution in [0, 0.1) is 0 Å². The molecule has 1 heterocycles. The zero-order chi connectivity index (χ0) is 18.9. The summed E-state index contributed by atoms with van der Waals surface area (Å²) < 4.78 is 9.58. The fourth-order valence-electron chi connectivity index (χ4n) is 2.04. The molecule has 0 saturated heterocycles. The molecular formula is C17H20N2O6S. The van der Waals surface area contributed by atoms with Crippen LogP contribution in [-0.4, -0.2) is 47.0 Å². The van der Waals surface area contributed by atoms with E-state index in [4.69, 9.17) is 4.74 Å². The van der Waals surface area contributed by atoms with Gasteiger partial charge in [-0.2, -0.15) is 0 Å². The van der Waals surface area contributed by atoms with Gasteiger partial charge in [0.2, 0.25) is 0 Å². The maximum atomic E-state index is 11.6. The second-order valence-corrected chi connectivity index (χ2v) is 6.24. The summed E-state index contributed by atoms with van der Waals surface area (Å²) in [5.74, 6) is -0.614. The number of carbonyl (C=O) groups excluding carboxylic acids is 2. The number of aliphatic hydroxyl groups excluding tert-OH is 2. The number of nitrogens with one attached hydrogen (secondary N) is 1. The highest BCUT2D eigenvalue weighted by molar-refractivity contribution is 7.09. The summed E-state index contributed by atoms with van der Waals surface area (Å²) in [5.41, 5.74) is 0.935. The van der Waals surface area contributed by atoms with E-state index in [1.54, 1.807) is 0 Å². The number of hydrogen-bond acceptors (Lipinski definition) is 8. The monoisotopic (exact) mass is 380 g/mol. The molecule has 140 valence electrons. The van der Waals surface area contributed by atoms with Gasteiger partial charge < -0.3 is 25.0 Å². The number of hydrogen-bond donors (Lipinski definition) is 3. The lowest BCUT2D eigenvalue weighted by molar-refractivity contribution is 0.0133. The molecule has 0 aliphatic carbocycles. The topological polar surface area (TPSA) is 118 Å². The van der Waals surface area contributed by atoms with Gasteiger partial charge in [0.1, 0.15) is 17.7 Å². The van der Waals surface area contributed by atoms with Crippen molar-refractivity contribution in [1.29, 1.82) is 0 Å². The van der Waals surface area contributed by atoms with Gasteiger partial charge in [-0.1, -0.05) is 30.3 Å². The van der Waals surface area contributed by atoms with Crippen LogP contribution in [0.2, 0.25) is 0 Å². The minimum atomic E-state index is -1.26. The van der Waals surface area contributed by atoms with Gasteiger partial charge in [-0.05, 0) is 12.0 Å².